The van der Waals surface area contributed by atoms with Gasteiger partial charge in [0.05, 0.1) is 11.4 Å². The number of amides is 1. The van der Waals surface area contributed by atoms with Crippen molar-refractivity contribution in [2.24, 2.45) is 5.92 Å². The number of carbonyl (C=O) groups excluding carboxylic acids is 1. The lowest BCUT2D eigenvalue weighted by atomic mass is 10.1. The lowest BCUT2D eigenvalue weighted by molar-refractivity contribution is 0.0956. The van der Waals surface area contributed by atoms with Gasteiger partial charge in [-0.3, -0.25) is 4.79 Å². The average molecular weight is 290 g/mol. The molecule has 1 unspecified atom stereocenters. The van der Waals surface area contributed by atoms with Crippen molar-refractivity contribution < 1.29 is 4.79 Å². The number of likely N-dealkylation sites (tertiary alicyclic amines) is 1. The second-order valence-corrected chi connectivity index (χ2v) is 5.93. The van der Waals surface area contributed by atoms with Crippen molar-refractivity contribution in [1.29, 1.82) is 0 Å². The maximum Gasteiger partial charge on any atom is 0.251 e. The van der Waals surface area contributed by atoms with E-state index < -0.39 is 0 Å². The average Bonchev–Trinajstić information content (AvgIpc) is 2.84. The summed E-state index contributed by atoms with van der Waals surface area (Å²) in [6.45, 7) is 5.79. The van der Waals surface area contributed by atoms with E-state index in [1.165, 1.54) is 6.42 Å². The van der Waals surface area contributed by atoms with Crippen LogP contribution in [-0.4, -0.2) is 51.1 Å². The summed E-state index contributed by atoms with van der Waals surface area (Å²) in [5, 5.41) is 2.82. The van der Waals surface area contributed by atoms with E-state index in [-0.39, 0.29) is 5.91 Å². The van der Waals surface area contributed by atoms with E-state index in [0.29, 0.717) is 18.0 Å². The minimum absolute atomic E-state index is 0.0484. The van der Waals surface area contributed by atoms with Gasteiger partial charge in [-0.15, -0.1) is 0 Å². The minimum Gasteiger partial charge on any atom is -0.397 e. The topological polar surface area (TPSA) is 61.6 Å². The van der Waals surface area contributed by atoms with E-state index >= 15 is 0 Å². The van der Waals surface area contributed by atoms with Crippen molar-refractivity contribution in [1.82, 2.24) is 10.2 Å². The van der Waals surface area contributed by atoms with Crippen LogP contribution in [0.15, 0.2) is 18.2 Å². The summed E-state index contributed by atoms with van der Waals surface area (Å²) in [7, 11) is 4.20. The maximum atomic E-state index is 11.9. The fourth-order valence-electron chi connectivity index (χ4n) is 2.94. The van der Waals surface area contributed by atoms with Gasteiger partial charge in [-0.25, -0.2) is 0 Å². The van der Waals surface area contributed by atoms with Crippen LogP contribution in [0.25, 0.3) is 0 Å². The van der Waals surface area contributed by atoms with Gasteiger partial charge in [0, 0.05) is 32.2 Å². The monoisotopic (exact) mass is 290 g/mol. The van der Waals surface area contributed by atoms with Gasteiger partial charge in [0.1, 0.15) is 0 Å². The predicted octanol–water partition coefficient (Wildman–Crippen LogP) is 1.41. The Balaban J connectivity index is 2.10. The molecule has 2 rings (SSSR count). The van der Waals surface area contributed by atoms with E-state index in [4.69, 9.17) is 5.73 Å². The summed E-state index contributed by atoms with van der Waals surface area (Å²) < 4.78 is 0. The van der Waals surface area contributed by atoms with Crippen molar-refractivity contribution in [3.8, 4) is 0 Å². The number of hydrogen-bond acceptors (Lipinski definition) is 4. The third-order valence-electron chi connectivity index (χ3n) is 4.06. The van der Waals surface area contributed by atoms with Gasteiger partial charge in [-0.05, 0) is 51.1 Å². The van der Waals surface area contributed by atoms with Crippen LogP contribution in [0, 0.1) is 5.92 Å². The molecule has 1 amide bonds. The molecule has 1 heterocycles. The first-order valence-electron chi connectivity index (χ1n) is 7.58. The number of anilines is 2. The number of hydrogen-bond donors (Lipinski definition) is 2. The van der Waals surface area contributed by atoms with Gasteiger partial charge in [-0.1, -0.05) is 0 Å². The second kappa shape index (κ2) is 6.80. The van der Waals surface area contributed by atoms with Crippen LogP contribution in [-0.2, 0) is 0 Å². The molecule has 1 atom stereocenters. The highest BCUT2D eigenvalue weighted by Gasteiger charge is 2.21. The van der Waals surface area contributed by atoms with Crippen LogP contribution in [0.1, 0.15) is 23.7 Å². The lowest BCUT2D eigenvalue weighted by Crippen LogP contribution is -2.28. The van der Waals surface area contributed by atoms with Gasteiger partial charge < -0.3 is 20.9 Å². The molecule has 5 nitrogen and oxygen atoms in total. The molecule has 0 spiro atoms. The SMILES string of the molecule is CCNC(=O)c1ccc(N)c(N(C)CC2CCN(C)C2)c1. The normalized spacial score (nSPS) is 18.7. The lowest BCUT2D eigenvalue weighted by Gasteiger charge is -2.25. The zero-order valence-electron chi connectivity index (χ0n) is 13.2. The number of carbonyl (C=O) groups is 1. The van der Waals surface area contributed by atoms with Crippen LogP contribution < -0.4 is 16.0 Å². The molecule has 0 radical (unpaired) electrons. The highest BCUT2D eigenvalue weighted by molar-refractivity contribution is 5.96. The fraction of sp³-hybridized carbons (Fsp3) is 0.562. The molecule has 1 aromatic carbocycles. The van der Waals surface area contributed by atoms with Crippen molar-refractivity contribution >= 4 is 17.3 Å². The van der Waals surface area contributed by atoms with E-state index in [1.807, 2.05) is 26.1 Å². The van der Waals surface area contributed by atoms with Crippen LogP contribution in [0.4, 0.5) is 11.4 Å². The molecule has 0 aromatic heterocycles. The third-order valence-corrected chi connectivity index (χ3v) is 4.06. The molecule has 1 aliphatic rings. The van der Waals surface area contributed by atoms with Crippen molar-refractivity contribution in [2.45, 2.75) is 13.3 Å². The van der Waals surface area contributed by atoms with Crippen LogP contribution in [0.2, 0.25) is 0 Å². The van der Waals surface area contributed by atoms with Crippen molar-refractivity contribution in [3.05, 3.63) is 23.8 Å². The Morgan fingerprint density at radius 2 is 2.29 bits per heavy atom. The van der Waals surface area contributed by atoms with Gasteiger partial charge in [0.25, 0.3) is 5.91 Å². The summed E-state index contributed by atoms with van der Waals surface area (Å²) in [6.07, 6.45) is 1.22. The molecule has 21 heavy (non-hydrogen) atoms. The van der Waals surface area contributed by atoms with Crippen molar-refractivity contribution in [2.75, 3.05) is 50.9 Å². The molecule has 0 saturated carbocycles. The molecule has 1 fully saturated rings. The van der Waals surface area contributed by atoms with Gasteiger partial charge in [0.15, 0.2) is 0 Å². The van der Waals surface area contributed by atoms with Gasteiger partial charge in [-0.2, -0.15) is 0 Å². The maximum absolute atomic E-state index is 11.9. The van der Waals surface area contributed by atoms with Crippen LogP contribution in [0.3, 0.4) is 0 Å². The number of benzene rings is 1. The van der Waals surface area contributed by atoms with Crippen molar-refractivity contribution in [3.63, 3.8) is 0 Å². The molecule has 1 aliphatic heterocycles. The number of rotatable bonds is 5. The Labute approximate surface area is 127 Å². The summed E-state index contributed by atoms with van der Waals surface area (Å²) in [4.78, 5) is 16.5. The molecule has 1 saturated heterocycles. The standard InChI is InChI=1S/C16H26N4O/c1-4-18-16(21)13-5-6-14(17)15(9-13)20(3)11-12-7-8-19(2)10-12/h5-6,9,12H,4,7-8,10-11,17H2,1-3H3,(H,18,21). The molecule has 5 heteroatoms. The number of nitrogens with two attached hydrogens (primary N) is 1. The molecule has 0 bridgehead atoms. The Kier molecular flexibility index (Phi) is 5.07. The van der Waals surface area contributed by atoms with E-state index in [0.717, 1.165) is 31.0 Å². The van der Waals surface area contributed by atoms with E-state index in [1.54, 1.807) is 6.07 Å². The number of nitrogens with one attached hydrogen (secondary N) is 1. The largest absolute Gasteiger partial charge is 0.397 e. The molecule has 0 aliphatic carbocycles. The summed E-state index contributed by atoms with van der Waals surface area (Å²) in [5.41, 5.74) is 8.40. The molecule has 3 N–H and O–H groups in total. The predicted molar refractivity (Wildman–Crippen MR) is 87.7 cm³/mol. The molecule has 116 valence electrons. The fourth-order valence-corrected chi connectivity index (χ4v) is 2.94. The quantitative estimate of drug-likeness (QED) is 0.805. The van der Waals surface area contributed by atoms with E-state index in [2.05, 4.69) is 22.2 Å². The zero-order valence-corrected chi connectivity index (χ0v) is 13.2. The van der Waals surface area contributed by atoms with Crippen LogP contribution in [0.5, 0.6) is 0 Å². The third kappa shape index (κ3) is 3.88. The minimum atomic E-state index is -0.0484. The Morgan fingerprint density at radius 1 is 1.52 bits per heavy atom. The summed E-state index contributed by atoms with van der Waals surface area (Å²) >= 11 is 0. The first-order chi connectivity index (χ1) is 10.0. The number of nitrogen functional groups attached to an aromatic ring is 1. The molecular formula is C16H26N4O. The highest BCUT2D eigenvalue weighted by Crippen LogP contribution is 2.26. The second-order valence-electron chi connectivity index (χ2n) is 5.93. The molecular weight excluding hydrogens is 264 g/mol. The smallest absolute Gasteiger partial charge is 0.251 e. The first kappa shape index (κ1) is 15.6. The molecule has 1 aromatic rings. The van der Waals surface area contributed by atoms with Crippen LogP contribution >= 0.6 is 0 Å². The Bertz CT molecular complexity index is 503. The highest BCUT2D eigenvalue weighted by atomic mass is 16.1. The number of nitrogens with zero attached hydrogens (tertiary/aromatic N) is 2. The van der Waals surface area contributed by atoms with Gasteiger partial charge >= 0.3 is 0 Å². The summed E-state index contributed by atoms with van der Waals surface area (Å²) in [5.74, 6) is 0.611. The summed E-state index contributed by atoms with van der Waals surface area (Å²) in [6, 6.07) is 5.48. The zero-order chi connectivity index (χ0) is 15.4. The van der Waals surface area contributed by atoms with E-state index in [9.17, 15) is 4.79 Å². The first-order valence-corrected chi connectivity index (χ1v) is 7.58. The Morgan fingerprint density at radius 3 is 2.90 bits per heavy atom. The Hall–Kier alpha value is -1.75. The van der Waals surface area contributed by atoms with Gasteiger partial charge in [0.2, 0.25) is 0 Å².